The minimum Gasteiger partial charge on any atom is -0.410 e. The molecule has 0 bridgehead atoms. The average molecular weight is 225 g/mol. The van der Waals surface area contributed by atoms with Crippen LogP contribution in [0.25, 0.3) is 0 Å². The van der Waals surface area contributed by atoms with Crippen molar-refractivity contribution in [3.8, 4) is 6.07 Å². The highest BCUT2D eigenvalue weighted by atomic mass is 79.9. The normalized spacial score (nSPS) is 10.8. The van der Waals surface area contributed by atoms with Crippen LogP contribution >= 0.6 is 15.9 Å². The predicted molar refractivity (Wildman–Crippen MR) is 48.1 cm³/mol. The lowest BCUT2D eigenvalue weighted by atomic mass is 10.1. The van der Waals surface area contributed by atoms with Crippen LogP contribution in [0, 0.1) is 11.3 Å². The van der Waals surface area contributed by atoms with Gasteiger partial charge in [0.25, 0.3) is 0 Å². The van der Waals surface area contributed by atoms with Crippen molar-refractivity contribution in [3.63, 3.8) is 0 Å². The average Bonchev–Trinajstić information content (AvgIpc) is 2.07. The highest BCUT2D eigenvalue weighted by Crippen LogP contribution is 2.11. The lowest BCUT2D eigenvalue weighted by molar-refractivity contribution is 0.320. The van der Waals surface area contributed by atoms with E-state index in [0.29, 0.717) is 5.56 Å². The van der Waals surface area contributed by atoms with Crippen LogP contribution in [0.2, 0.25) is 0 Å². The van der Waals surface area contributed by atoms with Crippen LogP contribution in [-0.2, 0) is 0 Å². The largest absolute Gasteiger partial charge is 0.410 e. The molecule has 0 aromatic heterocycles. The molecule has 0 radical (unpaired) electrons. The fraction of sp³-hybridized carbons (Fsp3) is 0. The predicted octanol–water partition coefficient (Wildman–Crippen LogP) is 2.15. The van der Waals surface area contributed by atoms with Crippen molar-refractivity contribution in [3.05, 3.63) is 34.3 Å². The fourth-order valence-corrected chi connectivity index (χ4v) is 1.18. The van der Waals surface area contributed by atoms with Gasteiger partial charge in [0.15, 0.2) is 5.71 Å². The van der Waals surface area contributed by atoms with Gasteiger partial charge in [0.1, 0.15) is 6.07 Å². The summed E-state index contributed by atoms with van der Waals surface area (Å²) in [4.78, 5) is 0. The van der Waals surface area contributed by atoms with E-state index in [4.69, 9.17) is 10.5 Å². The minimum atomic E-state index is 0.0105. The molecule has 0 atom stereocenters. The molecule has 1 aromatic rings. The van der Waals surface area contributed by atoms with Crippen molar-refractivity contribution >= 4 is 21.6 Å². The summed E-state index contributed by atoms with van der Waals surface area (Å²) in [7, 11) is 0. The molecule has 0 amide bonds. The van der Waals surface area contributed by atoms with Crippen molar-refractivity contribution in [1.29, 1.82) is 5.26 Å². The molecule has 3 nitrogen and oxygen atoms in total. The van der Waals surface area contributed by atoms with Crippen LogP contribution < -0.4 is 0 Å². The molecule has 0 saturated carbocycles. The Hall–Kier alpha value is -1.34. The molecule has 0 saturated heterocycles. The van der Waals surface area contributed by atoms with Crippen molar-refractivity contribution < 1.29 is 5.21 Å². The summed E-state index contributed by atoms with van der Waals surface area (Å²) in [6.45, 7) is 0. The highest BCUT2D eigenvalue weighted by Gasteiger charge is 2.01. The molecule has 12 heavy (non-hydrogen) atoms. The Bertz CT molecular complexity index is 354. The van der Waals surface area contributed by atoms with E-state index in [1.807, 2.05) is 6.07 Å². The SMILES string of the molecule is N#CC(=NO)c1cccc(Br)c1. The van der Waals surface area contributed by atoms with Gasteiger partial charge in [-0.3, -0.25) is 0 Å². The van der Waals surface area contributed by atoms with Gasteiger partial charge in [-0.05, 0) is 12.1 Å². The number of oxime groups is 1. The first-order valence-corrected chi connectivity index (χ1v) is 3.95. The first-order valence-electron chi connectivity index (χ1n) is 3.16. The highest BCUT2D eigenvalue weighted by molar-refractivity contribution is 9.10. The maximum atomic E-state index is 8.51. The summed E-state index contributed by atoms with van der Waals surface area (Å²) in [6, 6.07) is 8.77. The van der Waals surface area contributed by atoms with Crippen LogP contribution in [0.3, 0.4) is 0 Å². The Morgan fingerprint density at radius 3 is 2.83 bits per heavy atom. The van der Waals surface area contributed by atoms with E-state index in [-0.39, 0.29) is 5.71 Å². The number of hydrogen-bond donors (Lipinski definition) is 1. The maximum Gasteiger partial charge on any atom is 0.186 e. The van der Waals surface area contributed by atoms with E-state index in [0.717, 1.165) is 4.47 Å². The Kier molecular flexibility index (Phi) is 2.83. The van der Waals surface area contributed by atoms with Crippen molar-refractivity contribution in [2.75, 3.05) is 0 Å². The smallest absolute Gasteiger partial charge is 0.186 e. The van der Waals surface area contributed by atoms with Gasteiger partial charge < -0.3 is 5.21 Å². The lowest BCUT2D eigenvalue weighted by Crippen LogP contribution is -1.95. The van der Waals surface area contributed by atoms with Crippen LogP contribution in [0.5, 0.6) is 0 Å². The molecule has 0 unspecified atom stereocenters. The minimum absolute atomic E-state index is 0.0105. The van der Waals surface area contributed by atoms with E-state index in [1.165, 1.54) is 0 Å². The van der Waals surface area contributed by atoms with Crippen molar-refractivity contribution in [1.82, 2.24) is 0 Å². The topological polar surface area (TPSA) is 56.4 Å². The number of hydrogen-bond acceptors (Lipinski definition) is 3. The molecule has 0 heterocycles. The third-order valence-electron chi connectivity index (χ3n) is 1.30. The van der Waals surface area contributed by atoms with Crippen molar-refractivity contribution in [2.45, 2.75) is 0 Å². The molecule has 0 fully saturated rings. The Balaban J connectivity index is 3.13. The van der Waals surface area contributed by atoms with Gasteiger partial charge in [0.05, 0.1) is 0 Å². The molecule has 0 spiro atoms. The number of benzene rings is 1. The second-order valence-electron chi connectivity index (χ2n) is 2.07. The second-order valence-corrected chi connectivity index (χ2v) is 2.99. The van der Waals surface area contributed by atoms with Crippen molar-refractivity contribution in [2.24, 2.45) is 5.16 Å². The van der Waals surface area contributed by atoms with E-state index in [2.05, 4.69) is 21.1 Å². The summed E-state index contributed by atoms with van der Waals surface area (Å²) in [5.41, 5.74) is 0.602. The van der Waals surface area contributed by atoms with E-state index < -0.39 is 0 Å². The lowest BCUT2D eigenvalue weighted by Gasteiger charge is -1.95. The Morgan fingerprint density at radius 2 is 2.33 bits per heavy atom. The number of nitriles is 1. The fourth-order valence-electron chi connectivity index (χ4n) is 0.780. The molecular formula is C8H5BrN2O. The summed E-state index contributed by atoms with van der Waals surface area (Å²) in [5, 5.41) is 19.8. The maximum absolute atomic E-state index is 8.51. The first kappa shape index (κ1) is 8.75. The quantitative estimate of drug-likeness (QED) is 0.452. The van der Waals surface area contributed by atoms with E-state index in [9.17, 15) is 0 Å². The monoisotopic (exact) mass is 224 g/mol. The zero-order chi connectivity index (χ0) is 8.97. The number of rotatable bonds is 1. The van der Waals surface area contributed by atoms with Gasteiger partial charge in [-0.15, -0.1) is 0 Å². The summed E-state index contributed by atoms with van der Waals surface area (Å²) < 4.78 is 0.844. The molecular weight excluding hydrogens is 220 g/mol. The van der Waals surface area contributed by atoms with E-state index >= 15 is 0 Å². The second kappa shape index (κ2) is 3.88. The third-order valence-corrected chi connectivity index (χ3v) is 1.80. The van der Waals surface area contributed by atoms with Crippen LogP contribution in [0.1, 0.15) is 5.56 Å². The molecule has 1 rings (SSSR count). The zero-order valence-electron chi connectivity index (χ0n) is 6.03. The number of nitrogens with zero attached hydrogens (tertiary/aromatic N) is 2. The molecule has 60 valence electrons. The molecule has 0 aliphatic heterocycles. The molecule has 0 aliphatic carbocycles. The summed E-state index contributed by atoms with van der Waals surface area (Å²) in [5.74, 6) is 0. The zero-order valence-corrected chi connectivity index (χ0v) is 7.62. The van der Waals surface area contributed by atoms with Gasteiger partial charge in [-0.2, -0.15) is 5.26 Å². The Labute approximate surface area is 78.1 Å². The summed E-state index contributed by atoms with van der Waals surface area (Å²) >= 11 is 3.24. The van der Waals surface area contributed by atoms with Crippen LogP contribution in [0.15, 0.2) is 33.9 Å². The Morgan fingerprint density at radius 1 is 1.58 bits per heavy atom. The third kappa shape index (κ3) is 1.83. The van der Waals surface area contributed by atoms with Gasteiger partial charge in [0, 0.05) is 10.0 Å². The number of halogens is 1. The molecule has 1 N–H and O–H groups in total. The van der Waals surface area contributed by atoms with Gasteiger partial charge in [0.2, 0.25) is 0 Å². The van der Waals surface area contributed by atoms with Crippen LogP contribution in [-0.4, -0.2) is 10.9 Å². The molecule has 4 heteroatoms. The first-order chi connectivity index (χ1) is 5.77. The van der Waals surface area contributed by atoms with Gasteiger partial charge >= 0.3 is 0 Å². The van der Waals surface area contributed by atoms with Gasteiger partial charge in [-0.25, -0.2) is 0 Å². The molecule has 1 aromatic carbocycles. The standard InChI is InChI=1S/C8H5BrN2O/c9-7-3-1-2-6(4-7)8(5-10)11-12/h1-4,12H. The van der Waals surface area contributed by atoms with E-state index in [1.54, 1.807) is 24.3 Å². The van der Waals surface area contributed by atoms with Crippen LogP contribution in [0.4, 0.5) is 0 Å². The van der Waals surface area contributed by atoms with Gasteiger partial charge in [-0.1, -0.05) is 33.2 Å². The summed E-state index contributed by atoms with van der Waals surface area (Å²) in [6.07, 6.45) is 0. The molecule has 0 aliphatic rings.